The molecule has 1 aliphatic rings. The number of hydrogen-bond acceptors (Lipinski definition) is 4. The first kappa shape index (κ1) is 14.3. The van der Waals surface area contributed by atoms with Crippen molar-refractivity contribution in [3.8, 4) is 6.07 Å². The minimum Gasteiger partial charge on any atom is -0.332 e. The number of nitriles is 1. The maximum Gasteiger partial charge on any atom is 0.275 e. The van der Waals surface area contributed by atoms with Crippen LogP contribution in [0.1, 0.15) is 41.5 Å². The van der Waals surface area contributed by atoms with Gasteiger partial charge in [0.05, 0.1) is 18.3 Å². The SMILES string of the molecule is CCc1c(C(=O)NC2(C#N)CC2)nnn1Cc1ccccc1. The molecule has 1 aromatic heterocycles. The van der Waals surface area contributed by atoms with Crippen LogP contribution in [0.3, 0.4) is 0 Å². The fourth-order valence-corrected chi connectivity index (χ4v) is 2.41. The molecule has 0 atom stereocenters. The smallest absolute Gasteiger partial charge is 0.275 e. The minimum absolute atomic E-state index is 0.310. The third kappa shape index (κ3) is 2.70. The largest absolute Gasteiger partial charge is 0.332 e. The van der Waals surface area contributed by atoms with Crippen LogP contribution in [-0.2, 0) is 13.0 Å². The Bertz CT molecular complexity index is 725. The van der Waals surface area contributed by atoms with Gasteiger partial charge in [-0.3, -0.25) is 4.79 Å². The quantitative estimate of drug-likeness (QED) is 0.909. The van der Waals surface area contributed by atoms with Crippen molar-refractivity contribution >= 4 is 5.91 Å². The van der Waals surface area contributed by atoms with Crippen molar-refractivity contribution in [2.75, 3.05) is 0 Å². The molecule has 0 spiro atoms. The normalized spacial score (nSPS) is 15.1. The zero-order valence-corrected chi connectivity index (χ0v) is 12.4. The lowest BCUT2D eigenvalue weighted by Gasteiger charge is -2.09. The van der Waals surface area contributed by atoms with Crippen molar-refractivity contribution in [2.24, 2.45) is 0 Å². The van der Waals surface area contributed by atoms with Crippen molar-refractivity contribution < 1.29 is 4.79 Å². The summed E-state index contributed by atoms with van der Waals surface area (Å²) in [5, 5.41) is 20.0. The molecule has 0 aliphatic heterocycles. The Kier molecular flexibility index (Phi) is 3.63. The summed E-state index contributed by atoms with van der Waals surface area (Å²) in [7, 11) is 0. The Morgan fingerprint density at radius 3 is 2.73 bits per heavy atom. The molecule has 112 valence electrons. The topological polar surface area (TPSA) is 83.6 Å². The molecule has 0 bridgehead atoms. The summed E-state index contributed by atoms with van der Waals surface area (Å²) >= 11 is 0. The van der Waals surface area contributed by atoms with Crippen LogP contribution in [0.4, 0.5) is 0 Å². The van der Waals surface area contributed by atoms with Gasteiger partial charge in [0.1, 0.15) is 5.54 Å². The molecular weight excluding hydrogens is 278 g/mol. The number of amides is 1. The van der Waals surface area contributed by atoms with Gasteiger partial charge in [0.15, 0.2) is 5.69 Å². The first-order valence-corrected chi connectivity index (χ1v) is 7.37. The lowest BCUT2D eigenvalue weighted by molar-refractivity contribution is 0.0935. The van der Waals surface area contributed by atoms with Crippen molar-refractivity contribution in [1.82, 2.24) is 20.3 Å². The van der Waals surface area contributed by atoms with Crippen LogP contribution in [0.5, 0.6) is 0 Å². The molecule has 0 unspecified atom stereocenters. The molecule has 1 aromatic carbocycles. The Morgan fingerprint density at radius 2 is 2.14 bits per heavy atom. The zero-order chi connectivity index (χ0) is 15.6. The summed E-state index contributed by atoms with van der Waals surface area (Å²) in [5.41, 5.74) is 1.52. The van der Waals surface area contributed by atoms with Crippen LogP contribution >= 0.6 is 0 Å². The second kappa shape index (κ2) is 5.60. The molecular formula is C16H17N5O. The number of hydrogen-bond donors (Lipinski definition) is 1. The summed E-state index contributed by atoms with van der Waals surface area (Å²) in [6.45, 7) is 2.54. The number of carbonyl (C=O) groups is 1. The molecule has 3 rings (SSSR count). The summed E-state index contributed by atoms with van der Waals surface area (Å²) in [5.74, 6) is -0.310. The minimum atomic E-state index is -0.689. The Balaban J connectivity index is 1.81. The highest BCUT2D eigenvalue weighted by Crippen LogP contribution is 2.34. The monoisotopic (exact) mass is 295 g/mol. The van der Waals surface area contributed by atoms with E-state index in [9.17, 15) is 4.79 Å². The van der Waals surface area contributed by atoms with E-state index in [0.717, 1.165) is 11.3 Å². The second-order valence-corrected chi connectivity index (χ2v) is 5.53. The summed E-state index contributed by atoms with van der Waals surface area (Å²) < 4.78 is 1.75. The number of nitrogens with one attached hydrogen (secondary N) is 1. The molecule has 1 heterocycles. The van der Waals surface area contributed by atoms with Crippen molar-refractivity contribution in [3.05, 3.63) is 47.3 Å². The number of nitrogens with zero attached hydrogens (tertiary/aromatic N) is 4. The van der Waals surface area contributed by atoms with Gasteiger partial charge in [0.2, 0.25) is 0 Å². The molecule has 2 aromatic rings. The maximum atomic E-state index is 12.3. The fraction of sp³-hybridized carbons (Fsp3) is 0.375. The molecule has 1 fully saturated rings. The van der Waals surface area contributed by atoms with E-state index in [1.807, 2.05) is 37.3 Å². The average molecular weight is 295 g/mol. The lowest BCUT2D eigenvalue weighted by atomic mass is 10.2. The first-order chi connectivity index (χ1) is 10.7. The van der Waals surface area contributed by atoms with Crippen LogP contribution in [0.25, 0.3) is 0 Å². The van der Waals surface area contributed by atoms with E-state index in [0.29, 0.717) is 31.5 Å². The third-order valence-corrected chi connectivity index (χ3v) is 3.88. The van der Waals surface area contributed by atoms with Crippen molar-refractivity contribution in [1.29, 1.82) is 5.26 Å². The lowest BCUT2D eigenvalue weighted by Crippen LogP contribution is -2.36. The predicted octanol–water partition coefficient (Wildman–Crippen LogP) is 1.67. The Morgan fingerprint density at radius 1 is 1.41 bits per heavy atom. The van der Waals surface area contributed by atoms with E-state index in [1.165, 1.54) is 0 Å². The molecule has 1 amide bonds. The van der Waals surface area contributed by atoms with Crippen LogP contribution in [0, 0.1) is 11.3 Å². The number of aromatic nitrogens is 3. The Hall–Kier alpha value is -2.68. The van der Waals surface area contributed by atoms with Crippen molar-refractivity contribution in [3.63, 3.8) is 0 Å². The number of benzene rings is 1. The summed E-state index contributed by atoms with van der Waals surface area (Å²) in [4.78, 5) is 12.3. The summed E-state index contributed by atoms with van der Waals surface area (Å²) in [6.07, 6.45) is 2.06. The van der Waals surface area contributed by atoms with Crippen LogP contribution < -0.4 is 5.32 Å². The van der Waals surface area contributed by atoms with Gasteiger partial charge in [0, 0.05) is 0 Å². The molecule has 0 radical (unpaired) electrons. The van der Waals surface area contributed by atoms with Gasteiger partial charge in [-0.25, -0.2) is 4.68 Å². The maximum absolute atomic E-state index is 12.3. The van der Waals surface area contributed by atoms with Gasteiger partial charge >= 0.3 is 0 Å². The third-order valence-electron chi connectivity index (χ3n) is 3.88. The summed E-state index contributed by atoms with van der Waals surface area (Å²) in [6, 6.07) is 12.1. The van der Waals surface area contributed by atoms with E-state index in [2.05, 4.69) is 21.7 Å². The first-order valence-electron chi connectivity index (χ1n) is 7.37. The van der Waals surface area contributed by atoms with E-state index in [1.54, 1.807) is 4.68 Å². The van der Waals surface area contributed by atoms with Gasteiger partial charge in [-0.2, -0.15) is 5.26 Å². The van der Waals surface area contributed by atoms with Gasteiger partial charge in [0.25, 0.3) is 5.91 Å². The molecule has 22 heavy (non-hydrogen) atoms. The highest BCUT2D eigenvalue weighted by atomic mass is 16.2. The van der Waals surface area contributed by atoms with Gasteiger partial charge < -0.3 is 5.32 Å². The predicted molar refractivity (Wildman–Crippen MR) is 80.0 cm³/mol. The van der Waals surface area contributed by atoms with E-state index < -0.39 is 5.54 Å². The van der Waals surface area contributed by atoms with Gasteiger partial charge in [-0.05, 0) is 24.8 Å². The fourth-order valence-electron chi connectivity index (χ4n) is 2.41. The van der Waals surface area contributed by atoms with E-state index >= 15 is 0 Å². The number of rotatable bonds is 5. The highest BCUT2D eigenvalue weighted by molar-refractivity contribution is 5.94. The second-order valence-electron chi connectivity index (χ2n) is 5.53. The van der Waals surface area contributed by atoms with E-state index in [-0.39, 0.29) is 5.91 Å². The van der Waals surface area contributed by atoms with Crippen molar-refractivity contribution in [2.45, 2.75) is 38.3 Å². The highest BCUT2D eigenvalue weighted by Gasteiger charge is 2.45. The molecule has 6 nitrogen and oxygen atoms in total. The Labute approximate surface area is 128 Å². The molecule has 1 saturated carbocycles. The molecule has 1 aliphatic carbocycles. The van der Waals surface area contributed by atoms with Crippen LogP contribution in [-0.4, -0.2) is 26.4 Å². The standard InChI is InChI=1S/C16H17N5O/c1-2-13-14(15(22)18-16(11-17)8-9-16)19-20-21(13)10-12-6-4-3-5-7-12/h3-7H,2,8-10H2,1H3,(H,18,22). The van der Waals surface area contributed by atoms with Crippen LogP contribution in [0.15, 0.2) is 30.3 Å². The molecule has 6 heteroatoms. The van der Waals surface area contributed by atoms with Gasteiger partial charge in [-0.1, -0.05) is 42.5 Å². The average Bonchev–Trinajstić information content (AvgIpc) is 3.20. The zero-order valence-electron chi connectivity index (χ0n) is 12.4. The molecule has 1 N–H and O–H groups in total. The van der Waals surface area contributed by atoms with E-state index in [4.69, 9.17) is 5.26 Å². The molecule has 0 saturated heterocycles. The van der Waals surface area contributed by atoms with Gasteiger partial charge in [-0.15, -0.1) is 5.10 Å². The number of carbonyl (C=O) groups excluding carboxylic acids is 1. The van der Waals surface area contributed by atoms with Crippen LogP contribution in [0.2, 0.25) is 0 Å².